The van der Waals surface area contributed by atoms with Crippen molar-refractivity contribution in [3.8, 4) is 0 Å². The molecule has 0 fully saturated rings. The Morgan fingerprint density at radius 2 is 1.62 bits per heavy atom. The molecule has 1 aromatic rings. The lowest BCUT2D eigenvalue weighted by molar-refractivity contribution is -0.151. The van der Waals surface area contributed by atoms with Crippen LogP contribution in [-0.4, -0.2) is 36.6 Å². The van der Waals surface area contributed by atoms with E-state index in [4.69, 9.17) is 4.74 Å². The van der Waals surface area contributed by atoms with Crippen LogP contribution in [-0.2, 0) is 14.3 Å². The second kappa shape index (κ2) is 11.1. The first-order valence-corrected chi connectivity index (χ1v) is 8.95. The molecule has 1 rings (SSSR count). The number of para-hydroxylation sites is 1. The van der Waals surface area contributed by atoms with Gasteiger partial charge in [-0.25, -0.2) is 9.59 Å². The zero-order valence-corrected chi connectivity index (χ0v) is 15.9. The van der Waals surface area contributed by atoms with Crippen LogP contribution in [0.1, 0.15) is 40.5 Å². The lowest BCUT2D eigenvalue weighted by atomic mass is 10.1. The molecule has 0 aliphatic rings. The molecule has 1 atom stereocenters. The molecule has 144 valence electrons. The number of anilines is 1. The quantitative estimate of drug-likeness (QED) is 0.588. The molecule has 0 aliphatic heterocycles. The molecule has 0 unspecified atom stereocenters. The molecule has 0 radical (unpaired) electrons. The molecule has 0 aliphatic carbocycles. The van der Waals surface area contributed by atoms with Crippen molar-refractivity contribution in [2.24, 2.45) is 5.92 Å². The summed E-state index contributed by atoms with van der Waals surface area (Å²) in [6.45, 7) is 7.17. The van der Waals surface area contributed by atoms with Crippen LogP contribution in [0.4, 0.5) is 10.5 Å². The highest BCUT2D eigenvalue weighted by molar-refractivity contribution is 5.93. The Bertz CT molecular complexity index is 586. The third kappa shape index (κ3) is 7.55. The SMILES string of the molecule is CCC(CC)NC(=O)COC(=O)[C@H](NC(=O)Nc1ccccc1)C(C)C. The minimum absolute atomic E-state index is 0.0665. The Labute approximate surface area is 154 Å². The van der Waals surface area contributed by atoms with Crippen molar-refractivity contribution >= 4 is 23.6 Å². The molecule has 0 heterocycles. The number of hydrogen-bond donors (Lipinski definition) is 3. The molecule has 3 amide bonds. The lowest BCUT2D eigenvalue weighted by Crippen LogP contribution is -2.48. The molecular weight excluding hydrogens is 334 g/mol. The summed E-state index contributed by atoms with van der Waals surface area (Å²) < 4.78 is 5.07. The van der Waals surface area contributed by atoms with E-state index in [0.717, 1.165) is 12.8 Å². The summed E-state index contributed by atoms with van der Waals surface area (Å²) in [4.78, 5) is 36.2. The van der Waals surface area contributed by atoms with Gasteiger partial charge >= 0.3 is 12.0 Å². The lowest BCUT2D eigenvalue weighted by Gasteiger charge is -2.21. The van der Waals surface area contributed by atoms with E-state index in [-0.39, 0.29) is 24.5 Å². The minimum Gasteiger partial charge on any atom is -0.454 e. The van der Waals surface area contributed by atoms with E-state index in [2.05, 4.69) is 16.0 Å². The van der Waals surface area contributed by atoms with Crippen molar-refractivity contribution in [3.05, 3.63) is 30.3 Å². The maximum Gasteiger partial charge on any atom is 0.329 e. The molecule has 3 N–H and O–H groups in total. The number of benzene rings is 1. The van der Waals surface area contributed by atoms with Gasteiger partial charge in [0, 0.05) is 11.7 Å². The maximum absolute atomic E-state index is 12.3. The highest BCUT2D eigenvalue weighted by Gasteiger charge is 2.26. The summed E-state index contributed by atoms with van der Waals surface area (Å²) >= 11 is 0. The van der Waals surface area contributed by atoms with Gasteiger partial charge in [-0.05, 0) is 30.9 Å². The number of ether oxygens (including phenoxy) is 1. The zero-order valence-electron chi connectivity index (χ0n) is 15.9. The first-order valence-electron chi connectivity index (χ1n) is 8.95. The highest BCUT2D eigenvalue weighted by atomic mass is 16.5. The predicted molar refractivity (Wildman–Crippen MR) is 101 cm³/mol. The van der Waals surface area contributed by atoms with Gasteiger partial charge in [0.05, 0.1) is 0 Å². The molecule has 1 aromatic carbocycles. The van der Waals surface area contributed by atoms with Crippen LogP contribution >= 0.6 is 0 Å². The molecule has 0 saturated heterocycles. The average molecular weight is 363 g/mol. The van der Waals surface area contributed by atoms with Gasteiger partial charge in [-0.1, -0.05) is 45.9 Å². The van der Waals surface area contributed by atoms with Crippen LogP contribution in [0, 0.1) is 5.92 Å². The average Bonchev–Trinajstić information content (AvgIpc) is 2.62. The fourth-order valence-corrected chi connectivity index (χ4v) is 2.32. The molecule has 26 heavy (non-hydrogen) atoms. The highest BCUT2D eigenvalue weighted by Crippen LogP contribution is 2.07. The van der Waals surface area contributed by atoms with Gasteiger partial charge in [0.2, 0.25) is 0 Å². The van der Waals surface area contributed by atoms with Crippen molar-refractivity contribution in [1.29, 1.82) is 0 Å². The third-order valence-electron chi connectivity index (χ3n) is 3.94. The number of rotatable bonds is 9. The van der Waals surface area contributed by atoms with E-state index in [1.807, 2.05) is 19.9 Å². The Morgan fingerprint density at radius 1 is 1.00 bits per heavy atom. The van der Waals surface area contributed by atoms with Gasteiger partial charge in [0.25, 0.3) is 5.91 Å². The van der Waals surface area contributed by atoms with E-state index in [0.29, 0.717) is 5.69 Å². The molecule has 0 bridgehead atoms. The molecule has 0 saturated carbocycles. The van der Waals surface area contributed by atoms with Crippen molar-refractivity contribution in [2.75, 3.05) is 11.9 Å². The fourth-order valence-electron chi connectivity index (χ4n) is 2.32. The predicted octanol–water partition coefficient (Wildman–Crippen LogP) is 2.68. The topological polar surface area (TPSA) is 96.5 Å². The second-order valence-electron chi connectivity index (χ2n) is 6.37. The van der Waals surface area contributed by atoms with Gasteiger partial charge in [-0.2, -0.15) is 0 Å². The summed E-state index contributed by atoms with van der Waals surface area (Å²) in [5.41, 5.74) is 0.616. The Balaban J connectivity index is 2.53. The zero-order chi connectivity index (χ0) is 19.5. The fraction of sp³-hybridized carbons (Fsp3) is 0.526. The van der Waals surface area contributed by atoms with Gasteiger partial charge in [0.1, 0.15) is 6.04 Å². The standard InChI is InChI=1S/C19H29N3O4/c1-5-14(6-2)20-16(23)12-26-18(24)17(13(3)4)22-19(25)21-15-10-8-7-9-11-15/h7-11,13-14,17H,5-6,12H2,1-4H3,(H,20,23)(H2,21,22,25)/t17-/m1/s1. The largest absolute Gasteiger partial charge is 0.454 e. The van der Waals surface area contributed by atoms with E-state index in [1.165, 1.54) is 0 Å². The van der Waals surface area contributed by atoms with Crippen molar-refractivity contribution in [2.45, 2.75) is 52.6 Å². The van der Waals surface area contributed by atoms with E-state index in [1.54, 1.807) is 38.1 Å². The number of esters is 1. The number of carbonyl (C=O) groups is 3. The van der Waals surface area contributed by atoms with Crippen LogP contribution in [0.5, 0.6) is 0 Å². The monoisotopic (exact) mass is 363 g/mol. The van der Waals surface area contributed by atoms with Crippen LogP contribution in [0.2, 0.25) is 0 Å². The number of hydrogen-bond acceptors (Lipinski definition) is 4. The van der Waals surface area contributed by atoms with E-state index in [9.17, 15) is 14.4 Å². The number of carbonyl (C=O) groups excluding carboxylic acids is 3. The number of nitrogens with one attached hydrogen (secondary N) is 3. The summed E-state index contributed by atoms with van der Waals surface area (Å²) in [7, 11) is 0. The van der Waals surface area contributed by atoms with E-state index >= 15 is 0 Å². The number of urea groups is 1. The molecule has 7 nitrogen and oxygen atoms in total. The number of amides is 3. The Kier molecular flexibility index (Phi) is 9.19. The normalized spacial score (nSPS) is 11.8. The maximum atomic E-state index is 12.3. The van der Waals surface area contributed by atoms with Gasteiger partial charge in [0.15, 0.2) is 6.61 Å². The summed E-state index contributed by atoms with van der Waals surface area (Å²) in [5, 5.41) is 8.04. The van der Waals surface area contributed by atoms with Gasteiger partial charge in [-0.15, -0.1) is 0 Å². The summed E-state index contributed by atoms with van der Waals surface area (Å²) in [6, 6.07) is 7.62. The smallest absolute Gasteiger partial charge is 0.329 e. The minimum atomic E-state index is -0.848. The molecule has 0 aromatic heterocycles. The third-order valence-corrected chi connectivity index (χ3v) is 3.94. The van der Waals surface area contributed by atoms with Crippen molar-refractivity contribution in [3.63, 3.8) is 0 Å². The van der Waals surface area contributed by atoms with Crippen LogP contribution < -0.4 is 16.0 Å². The van der Waals surface area contributed by atoms with Gasteiger partial charge in [-0.3, -0.25) is 4.79 Å². The van der Waals surface area contributed by atoms with Crippen molar-refractivity contribution in [1.82, 2.24) is 10.6 Å². The van der Waals surface area contributed by atoms with Crippen LogP contribution in [0.25, 0.3) is 0 Å². The Hall–Kier alpha value is -2.57. The van der Waals surface area contributed by atoms with E-state index < -0.39 is 18.0 Å². The molecule has 0 spiro atoms. The Morgan fingerprint density at radius 3 is 2.15 bits per heavy atom. The molecular formula is C19H29N3O4. The summed E-state index contributed by atoms with van der Waals surface area (Å²) in [6.07, 6.45) is 1.62. The molecule has 7 heteroatoms. The van der Waals surface area contributed by atoms with Crippen LogP contribution in [0.3, 0.4) is 0 Å². The van der Waals surface area contributed by atoms with Gasteiger partial charge < -0.3 is 20.7 Å². The summed E-state index contributed by atoms with van der Waals surface area (Å²) in [5.74, 6) is -1.17. The van der Waals surface area contributed by atoms with Crippen molar-refractivity contribution < 1.29 is 19.1 Å². The second-order valence-corrected chi connectivity index (χ2v) is 6.37. The first-order chi connectivity index (χ1) is 12.4. The first kappa shape index (κ1) is 21.5. The van der Waals surface area contributed by atoms with Crippen LogP contribution in [0.15, 0.2) is 30.3 Å².